The van der Waals surface area contributed by atoms with Crippen LogP contribution in [0, 0.1) is 11.2 Å². The van der Waals surface area contributed by atoms with Crippen molar-refractivity contribution in [1.29, 1.82) is 0 Å². The van der Waals surface area contributed by atoms with Gasteiger partial charge in [-0.3, -0.25) is 9.36 Å². The second-order valence-electron chi connectivity index (χ2n) is 9.97. The fourth-order valence-corrected chi connectivity index (χ4v) is 4.16. The summed E-state index contributed by atoms with van der Waals surface area (Å²) in [6, 6.07) is 11.8. The normalized spacial score (nSPS) is 13.4. The molecule has 1 unspecified atom stereocenters. The minimum absolute atomic E-state index is 0.0375. The summed E-state index contributed by atoms with van der Waals surface area (Å²) in [6.07, 6.45) is 1.48. The van der Waals surface area contributed by atoms with Crippen LogP contribution in [0.1, 0.15) is 46.6 Å². The van der Waals surface area contributed by atoms with Gasteiger partial charge < -0.3 is 9.84 Å². The number of aliphatic hydroxyl groups is 1. The van der Waals surface area contributed by atoms with E-state index >= 15 is 0 Å². The molecule has 0 fully saturated rings. The number of halogens is 1. The van der Waals surface area contributed by atoms with Gasteiger partial charge in [0.2, 0.25) is 0 Å². The molecule has 0 aliphatic carbocycles. The highest BCUT2D eigenvalue weighted by atomic mass is 19.1. The number of hydrogen-bond acceptors (Lipinski definition) is 4. The van der Waals surface area contributed by atoms with Crippen LogP contribution in [-0.2, 0) is 12.0 Å². The second-order valence-corrected chi connectivity index (χ2v) is 9.97. The maximum absolute atomic E-state index is 13.3. The molecular formula is C25H31FN2O3. The van der Waals surface area contributed by atoms with Gasteiger partial charge in [0.25, 0.3) is 5.56 Å². The fraction of sp³-hybridized carbons (Fsp3) is 0.440. The van der Waals surface area contributed by atoms with Gasteiger partial charge in [-0.1, -0.05) is 46.8 Å². The summed E-state index contributed by atoms with van der Waals surface area (Å²) in [7, 11) is 0. The molecule has 0 spiro atoms. The first-order valence-corrected chi connectivity index (χ1v) is 10.5. The molecule has 0 saturated heterocycles. The van der Waals surface area contributed by atoms with Crippen molar-refractivity contribution in [2.75, 3.05) is 6.61 Å². The summed E-state index contributed by atoms with van der Waals surface area (Å²) in [5.74, 6) is 0.215. The third-order valence-electron chi connectivity index (χ3n) is 5.25. The molecule has 5 nitrogen and oxygen atoms in total. The van der Waals surface area contributed by atoms with E-state index in [4.69, 9.17) is 4.74 Å². The van der Waals surface area contributed by atoms with E-state index in [0.717, 1.165) is 6.42 Å². The van der Waals surface area contributed by atoms with Gasteiger partial charge in [-0.2, -0.15) is 0 Å². The summed E-state index contributed by atoms with van der Waals surface area (Å²) in [6.45, 7) is 11.3. The van der Waals surface area contributed by atoms with E-state index in [1.807, 2.05) is 12.1 Å². The number of hydrogen-bond donors (Lipinski definition) is 1. The van der Waals surface area contributed by atoms with Crippen LogP contribution in [0.15, 0.2) is 53.6 Å². The zero-order valence-electron chi connectivity index (χ0n) is 18.9. The summed E-state index contributed by atoms with van der Waals surface area (Å²) in [5, 5.41) is 10.7. The predicted octanol–water partition coefficient (Wildman–Crippen LogP) is 4.69. The number of nitrogens with zero attached hydrogens (tertiary/aromatic N) is 2. The Hall–Kier alpha value is -2.73. The number of benzene rings is 2. The SMILES string of the molecule is CC(C)(C)CC(C)(C)c1ccc(OCC(O)Cn2cnc3cc(F)ccc3c2=O)cc1. The summed E-state index contributed by atoms with van der Waals surface area (Å²) >= 11 is 0. The van der Waals surface area contributed by atoms with Gasteiger partial charge in [-0.25, -0.2) is 9.37 Å². The van der Waals surface area contributed by atoms with Crippen LogP contribution in [0.3, 0.4) is 0 Å². The first-order valence-electron chi connectivity index (χ1n) is 10.5. The van der Waals surface area contributed by atoms with Crippen LogP contribution < -0.4 is 10.3 Å². The summed E-state index contributed by atoms with van der Waals surface area (Å²) in [4.78, 5) is 16.6. The van der Waals surface area contributed by atoms with Crippen LogP contribution in [0.4, 0.5) is 4.39 Å². The maximum Gasteiger partial charge on any atom is 0.261 e. The van der Waals surface area contributed by atoms with Crippen LogP contribution in [0.25, 0.3) is 10.9 Å². The Morgan fingerprint density at radius 2 is 1.77 bits per heavy atom. The minimum atomic E-state index is -0.894. The van der Waals surface area contributed by atoms with E-state index in [9.17, 15) is 14.3 Å². The Labute approximate surface area is 182 Å². The average molecular weight is 427 g/mol. The highest BCUT2D eigenvalue weighted by molar-refractivity contribution is 5.77. The van der Waals surface area contributed by atoms with E-state index in [2.05, 4.69) is 51.7 Å². The zero-order chi connectivity index (χ0) is 22.8. The lowest BCUT2D eigenvalue weighted by molar-refractivity contribution is 0.0914. The van der Waals surface area contributed by atoms with Crippen LogP contribution in [0.5, 0.6) is 5.75 Å². The number of aliphatic hydroxyl groups excluding tert-OH is 1. The number of rotatable bonds is 7. The molecule has 0 aliphatic rings. The Morgan fingerprint density at radius 1 is 1.10 bits per heavy atom. The van der Waals surface area contributed by atoms with Crippen LogP contribution >= 0.6 is 0 Å². The van der Waals surface area contributed by atoms with Gasteiger partial charge in [0.15, 0.2) is 0 Å². The topological polar surface area (TPSA) is 64.3 Å². The third kappa shape index (κ3) is 5.91. The molecule has 1 atom stereocenters. The minimum Gasteiger partial charge on any atom is -0.491 e. The Balaban J connectivity index is 1.62. The Kier molecular flexibility index (Phi) is 6.51. The van der Waals surface area contributed by atoms with Crippen molar-refractivity contribution in [2.45, 2.75) is 59.1 Å². The average Bonchev–Trinajstić information content (AvgIpc) is 2.67. The van der Waals surface area contributed by atoms with Crippen LogP contribution in [-0.4, -0.2) is 27.4 Å². The quantitative estimate of drug-likeness (QED) is 0.595. The van der Waals surface area contributed by atoms with Gasteiger partial charge in [-0.15, -0.1) is 0 Å². The van der Waals surface area contributed by atoms with Crippen molar-refractivity contribution in [2.24, 2.45) is 5.41 Å². The molecule has 1 N–H and O–H groups in total. The van der Waals surface area contributed by atoms with Crippen molar-refractivity contribution >= 4 is 10.9 Å². The van der Waals surface area contributed by atoms with Crippen molar-refractivity contribution in [3.8, 4) is 5.75 Å². The van der Waals surface area contributed by atoms with Crippen LogP contribution in [0.2, 0.25) is 0 Å². The van der Waals surface area contributed by atoms with E-state index in [1.54, 1.807) is 0 Å². The Morgan fingerprint density at radius 3 is 2.42 bits per heavy atom. The van der Waals surface area contributed by atoms with Crippen molar-refractivity contribution in [3.63, 3.8) is 0 Å². The standard InChI is InChI=1S/C25H31FN2O3/c1-24(2,3)15-25(4,5)17-6-9-20(10-7-17)31-14-19(29)13-28-16-27-22-12-18(26)8-11-21(22)23(28)30/h6-12,16,19,29H,13-15H2,1-5H3. The van der Waals surface area contributed by atoms with E-state index < -0.39 is 11.9 Å². The second kappa shape index (κ2) is 8.79. The van der Waals surface area contributed by atoms with E-state index in [-0.39, 0.29) is 29.5 Å². The van der Waals surface area contributed by atoms with Gasteiger partial charge in [0.05, 0.1) is 23.8 Å². The van der Waals surface area contributed by atoms with Gasteiger partial charge >= 0.3 is 0 Å². The lowest BCUT2D eigenvalue weighted by Gasteiger charge is -2.33. The smallest absolute Gasteiger partial charge is 0.261 e. The van der Waals surface area contributed by atoms with Gasteiger partial charge in [-0.05, 0) is 47.1 Å². The number of aromatic nitrogens is 2. The molecule has 0 aliphatic heterocycles. The highest BCUT2D eigenvalue weighted by Crippen LogP contribution is 2.36. The molecule has 2 aromatic carbocycles. The number of ether oxygens (including phenoxy) is 1. The van der Waals surface area contributed by atoms with Crippen molar-refractivity contribution in [1.82, 2.24) is 9.55 Å². The number of fused-ring (bicyclic) bond motifs is 1. The first-order chi connectivity index (χ1) is 14.4. The molecule has 166 valence electrons. The largest absolute Gasteiger partial charge is 0.491 e. The molecule has 1 heterocycles. The zero-order valence-corrected chi connectivity index (χ0v) is 18.9. The maximum atomic E-state index is 13.3. The predicted molar refractivity (Wildman–Crippen MR) is 121 cm³/mol. The highest BCUT2D eigenvalue weighted by Gasteiger charge is 2.27. The summed E-state index contributed by atoms with van der Waals surface area (Å²) in [5.41, 5.74) is 1.48. The summed E-state index contributed by atoms with van der Waals surface area (Å²) < 4.78 is 20.3. The van der Waals surface area contributed by atoms with Crippen molar-refractivity contribution in [3.05, 3.63) is 70.5 Å². The molecule has 0 saturated carbocycles. The molecule has 0 bridgehead atoms. The molecule has 0 amide bonds. The third-order valence-corrected chi connectivity index (χ3v) is 5.25. The molecule has 3 aromatic rings. The monoisotopic (exact) mass is 426 g/mol. The Bertz CT molecular complexity index is 1100. The lowest BCUT2D eigenvalue weighted by atomic mass is 9.72. The molecule has 1 aromatic heterocycles. The molecule has 3 rings (SSSR count). The van der Waals surface area contributed by atoms with Gasteiger partial charge in [0.1, 0.15) is 24.3 Å². The molecule has 31 heavy (non-hydrogen) atoms. The molecule has 0 radical (unpaired) electrons. The first kappa shape index (κ1) is 22.9. The fourth-order valence-electron chi connectivity index (χ4n) is 4.16. The molecular weight excluding hydrogens is 395 g/mol. The van der Waals surface area contributed by atoms with E-state index in [1.165, 1.54) is 34.7 Å². The van der Waals surface area contributed by atoms with Gasteiger partial charge in [0, 0.05) is 6.07 Å². The van der Waals surface area contributed by atoms with E-state index in [0.29, 0.717) is 16.7 Å². The lowest BCUT2D eigenvalue weighted by Crippen LogP contribution is -2.30. The van der Waals surface area contributed by atoms with Crippen molar-refractivity contribution < 1.29 is 14.2 Å². The molecule has 6 heteroatoms.